The van der Waals surface area contributed by atoms with Crippen molar-refractivity contribution >= 4 is 12.0 Å². The standard InChI is InChI=1S/C20H21F3N4O4/c1-2-31-19(30)26-9-7-25(8-10-26)18(29)12-27-13-24-16(11-17(27)28)14-3-5-15(6-4-14)20(21,22)23/h3-6,11,13H,2,7-10,12H2,1H3. The molecule has 166 valence electrons. The summed E-state index contributed by atoms with van der Waals surface area (Å²) < 4.78 is 44.1. The molecule has 1 aliphatic heterocycles. The molecule has 3 rings (SSSR count). The highest BCUT2D eigenvalue weighted by atomic mass is 19.4. The number of hydrogen-bond donors (Lipinski definition) is 0. The van der Waals surface area contributed by atoms with Crippen molar-refractivity contribution in [2.45, 2.75) is 19.6 Å². The van der Waals surface area contributed by atoms with Crippen molar-refractivity contribution in [3.05, 3.63) is 52.6 Å². The molecule has 0 aliphatic carbocycles. The van der Waals surface area contributed by atoms with Gasteiger partial charge in [-0.1, -0.05) is 12.1 Å². The number of amides is 2. The van der Waals surface area contributed by atoms with Gasteiger partial charge < -0.3 is 14.5 Å². The first-order chi connectivity index (χ1) is 14.7. The van der Waals surface area contributed by atoms with Gasteiger partial charge in [0.2, 0.25) is 5.91 Å². The number of halogens is 3. The van der Waals surface area contributed by atoms with Crippen LogP contribution < -0.4 is 5.56 Å². The van der Waals surface area contributed by atoms with Crippen molar-refractivity contribution in [2.24, 2.45) is 0 Å². The smallest absolute Gasteiger partial charge is 0.416 e. The van der Waals surface area contributed by atoms with Gasteiger partial charge in [-0.2, -0.15) is 13.2 Å². The lowest BCUT2D eigenvalue weighted by Gasteiger charge is -2.34. The van der Waals surface area contributed by atoms with Crippen LogP contribution in [0.2, 0.25) is 0 Å². The number of aromatic nitrogens is 2. The summed E-state index contributed by atoms with van der Waals surface area (Å²) in [6.07, 6.45) is -3.67. The van der Waals surface area contributed by atoms with Crippen molar-refractivity contribution < 1.29 is 27.5 Å². The zero-order valence-corrected chi connectivity index (χ0v) is 16.8. The molecule has 31 heavy (non-hydrogen) atoms. The molecule has 1 aromatic heterocycles. The molecule has 1 aromatic carbocycles. The zero-order valence-electron chi connectivity index (χ0n) is 16.8. The largest absolute Gasteiger partial charge is 0.450 e. The third kappa shape index (κ3) is 5.41. The molecule has 1 aliphatic rings. The molecule has 2 aromatic rings. The molecule has 0 saturated carbocycles. The van der Waals surface area contributed by atoms with E-state index in [1.807, 2.05) is 0 Å². The predicted molar refractivity (Wildman–Crippen MR) is 104 cm³/mol. The number of rotatable bonds is 4. The van der Waals surface area contributed by atoms with E-state index in [1.54, 1.807) is 11.8 Å². The van der Waals surface area contributed by atoms with Crippen molar-refractivity contribution in [1.82, 2.24) is 19.4 Å². The van der Waals surface area contributed by atoms with Gasteiger partial charge in [0.1, 0.15) is 6.54 Å². The predicted octanol–water partition coefficient (Wildman–Crippen LogP) is 2.23. The number of piperazine rings is 1. The minimum absolute atomic E-state index is 0.213. The first-order valence-corrected chi connectivity index (χ1v) is 9.62. The van der Waals surface area contributed by atoms with E-state index in [0.29, 0.717) is 31.7 Å². The van der Waals surface area contributed by atoms with Crippen LogP contribution in [0.3, 0.4) is 0 Å². The lowest BCUT2D eigenvalue weighted by Crippen LogP contribution is -2.51. The Morgan fingerprint density at radius 3 is 2.23 bits per heavy atom. The van der Waals surface area contributed by atoms with Gasteiger partial charge in [0.05, 0.1) is 24.2 Å². The normalized spacial score (nSPS) is 14.5. The number of ether oxygens (including phenoxy) is 1. The van der Waals surface area contributed by atoms with E-state index in [4.69, 9.17) is 4.74 Å². The Hall–Kier alpha value is -3.37. The second-order valence-corrected chi connectivity index (χ2v) is 6.88. The molecule has 2 heterocycles. The summed E-state index contributed by atoms with van der Waals surface area (Å²) in [5.74, 6) is -0.297. The molecule has 8 nitrogen and oxygen atoms in total. The summed E-state index contributed by atoms with van der Waals surface area (Å²) in [6.45, 7) is 3.09. The Kier molecular flexibility index (Phi) is 6.62. The second kappa shape index (κ2) is 9.19. The lowest BCUT2D eigenvalue weighted by molar-refractivity contribution is -0.137. The molecule has 1 saturated heterocycles. The van der Waals surface area contributed by atoms with E-state index < -0.39 is 23.4 Å². The summed E-state index contributed by atoms with van der Waals surface area (Å²) in [6, 6.07) is 5.49. The van der Waals surface area contributed by atoms with Gasteiger partial charge in [0.25, 0.3) is 5.56 Å². The van der Waals surface area contributed by atoms with Crippen LogP contribution >= 0.6 is 0 Å². The van der Waals surface area contributed by atoms with Crippen LogP contribution in [0.15, 0.2) is 41.5 Å². The summed E-state index contributed by atoms with van der Waals surface area (Å²) in [4.78, 5) is 43.8. The highest BCUT2D eigenvalue weighted by molar-refractivity contribution is 5.76. The summed E-state index contributed by atoms with van der Waals surface area (Å²) >= 11 is 0. The van der Waals surface area contributed by atoms with Gasteiger partial charge in [-0.15, -0.1) is 0 Å². The monoisotopic (exact) mass is 438 g/mol. The number of benzene rings is 1. The third-order valence-corrected chi connectivity index (χ3v) is 4.85. The number of carbonyl (C=O) groups is 2. The molecule has 0 spiro atoms. The number of hydrogen-bond acceptors (Lipinski definition) is 5. The maximum Gasteiger partial charge on any atom is 0.416 e. The van der Waals surface area contributed by atoms with Crippen LogP contribution in [-0.4, -0.2) is 64.1 Å². The van der Waals surface area contributed by atoms with Gasteiger partial charge in [-0.25, -0.2) is 9.78 Å². The van der Waals surface area contributed by atoms with Gasteiger partial charge in [-0.05, 0) is 19.1 Å². The maximum absolute atomic E-state index is 12.7. The van der Waals surface area contributed by atoms with Gasteiger partial charge in [0, 0.05) is 37.8 Å². The van der Waals surface area contributed by atoms with Crippen molar-refractivity contribution in [2.75, 3.05) is 32.8 Å². The second-order valence-electron chi connectivity index (χ2n) is 6.88. The van der Waals surface area contributed by atoms with Gasteiger partial charge >= 0.3 is 12.3 Å². The van der Waals surface area contributed by atoms with Crippen LogP contribution in [0.4, 0.5) is 18.0 Å². The average molecular weight is 438 g/mol. The number of alkyl halides is 3. The van der Waals surface area contributed by atoms with Crippen LogP contribution in [0, 0.1) is 0 Å². The quantitative estimate of drug-likeness (QED) is 0.731. The molecular weight excluding hydrogens is 417 g/mol. The van der Waals surface area contributed by atoms with Gasteiger partial charge in [-0.3, -0.25) is 14.2 Å². The number of carbonyl (C=O) groups excluding carboxylic acids is 2. The molecule has 11 heteroatoms. The van der Waals surface area contributed by atoms with Crippen LogP contribution in [0.25, 0.3) is 11.3 Å². The summed E-state index contributed by atoms with van der Waals surface area (Å²) in [5.41, 5.74) is -0.717. The average Bonchev–Trinajstić information content (AvgIpc) is 2.75. The summed E-state index contributed by atoms with van der Waals surface area (Å²) in [5, 5.41) is 0. The fourth-order valence-electron chi connectivity index (χ4n) is 3.13. The van der Waals surface area contributed by atoms with E-state index in [1.165, 1.54) is 29.4 Å². The Balaban J connectivity index is 1.63. The van der Waals surface area contributed by atoms with Gasteiger partial charge in [0.15, 0.2) is 0 Å². The van der Waals surface area contributed by atoms with E-state index >= 15 is 0 Å². The minimum Gasteiger partial charge on any atom is -0.450 e. The van der Waals surface area contributed by atoms with E-state index in [9.17, 15) is 27.6 Å². The number of nitrogens with zero attached hydrogens (tertiary/aromatic N) is 4. The highest BCUT2D eigenvalue weighted by Gasteiger charge is 2.30. The highest BCUT2D eigenvalue weighted by Crippen LogP contribution is 2.30. The molecule has 0 N–H and O–H groups in total. The topological polar surface area (TPSA) is 84.7 Å². The maximum atomic E-state index is 12.7. The molecule has 2 amide bonds. The van der Waals surface area contributed by atoms with Crippen LogP contribution in [0.1, 0.15) is 12.5 Å². The Labute approximate surface area is 175 Å². The fourth-order valence-corrected chi connectivity index (χ4v) is 3.13. The minimum atomic E-state index is -4.45. The molecule has 0 radical (unpaired) electrons. The molecule has 0 unspecified atom stereocenters. The Bertz CT molecular complexity index is 997. The first-order valence-electron chi connectivity index (χ1n) is 9.62. The fraction of sp³-hybridized carbons (Fsp3) is 0.400. The Morgan fingerprint density at radius 1 is 1.06 bits per heavy atom. The van der Waals surface area contributed by atoms with E-state index in [-0.39, 0.29) is 24.8 Å². The SMILES string of the molecule is CCOC(=O)N1CCN(C(=O)Cn2cnc(-c3ccc(C(F)(F)F)cc3)cc2=O)CC1. The molecule has 0 atom stereocenters. The molecule has 0 bridgehead atoms. The third-order valence-electron chi connectivity index (χ3n) is 4.85. The Morgan fingerprint density at radius 2 is 1.68 bits per heavy atom. The molecular formula is C20H21F3N4O4. The van der Waals surface area contributed by atoms with E-state index in [2.05, 4.69) is 4.98 Å². The van der Waals surface area contributed by atoms with Crippen molar-refractivity contribution in [3.8, 4) is 11.3 Å². The van der Waals surface area contributed by atoms with Crippen molar-refractivity contribution in [3.63, 3.8) is 0 Å². The van der Waals surface area contributed by atoms with E-state index in [0.717, 1.165) is 16.7 Å². The van der Waals surface area contributed by atoms with Crippen molar-refractivity contribution in [1.29, 1.82) is 0 Å². The first kappa shape index (κ1) is 22.3. The summed E-state index contributed by atoms with van der Waals surface area (Å²) in [7, 11) is 0. The van der Waals surface area contributed by atoms with Crippen LogP contribution in [-0.2, 0) is 22.3 Å². The lowest BCUT2D eigenvalue weighted by atomic mass is 10.1. The van der Waals surface area contributed by atoms with Crippen LogP contribution in [0.5, 0.6) is 0 Å². The molecule has 1 fully saturated rings. The zero-order chi connectivity index (χ0) is 22.6.